The van der Waals surface area contributed by atoms with Crippen LogP contribution in [0.4, 0.5) is 17.6 Å². The molecule has 0 fully saturated rings. The van der Waals surface area contributed by atoms with Gasteiger partial charge in [-0.05, 0) is 52.8 Å². The number of rotatable bonds is 17. The van der Waals surface area contributed by atoms with E-state index in [1.807, 2.05) is 146 Å². The molecular weight excluding hydrogens is 1090 g/mol. The quantitative estimate of drug-likeness (QED) is 0.0402. The van der Waals surface area contributed by atoms with Crippen molar-refractivity contribution in [2.24, 2.45) is 0 Å². The Kier molecular flexibility index (Phi) is 19.6. The van der Waals surface area contributed by atoms with Crippen LogP contribution < -0.4 is 0 Å². The predicted octanol–water partition coefficient (Wildman–Crippen LogP) is 14.9. The first-order valence-electron chi connectivity index (χ1n) is 22.7. The summed E-state index contributed by atoms with van der Waals surface area (Å²) in [5, 5.41) is 0. The molecule has 8 aromatic rings. The SMILES string of the molecule is O=C(Cc1ccccc1)c1ccccc1.O=C(c1ccccc1)C(Cc1ccc(C(F)(F)P(=O)(O)O)c(Br)c1)c1ccccc1.O=CC(F)(F)c1ccc(CC(C(=O)c2ccccc2)c2ccccc2)cc1Br. The van der Waals surface area contributed by atoms with Gasteiger partial charge in [0.2, 0.25) is 0 Å². The number of benzene rings is 8. The zero-order valence-corrected chi connectivity index (χ0v) is 42.9. The summed E-state index contributed by atoms with van der Waals surface area (Å²) < 4.78 is 66.8. The second kappa shape index (κ2) is 25.8. The Labute approximate surface area is 437 Å². The third-order valence-electron chi connectivity index (χ3n) is 11.6. The molecule has 7 nitrogen and oxygen atoms in total. The van der Waals surface area contributed by atoms with Crippen molar-refractivity contribution in [2.45, 2.75) is 42.7 Å². The summed E-state index contributed by atoms with van der Waals surface area (Å²) in [5.74, 6) is -4.54. The van der Waals surface area contributed by atoms with Crippen molar-refractivity contribution >= 4 is 63.1 Å². The van der Waals surface area contributed by atoms with E-state index in [0.29, 0.717) is 29.5 Å². The van der Waals surface area contributed by atoms with Crippen molar-refractivity contribution in [3.05, 3.63) is 283 Å². The van der Waals surface area contributed by atoms with Gasteiger partial charge in [-0.2, -0.15) is 17.6 Å². The Morgan fingerprint density at radius 3 is 1.18 bits per heavy atom. The van der Waals surface area contributed by atoms with Gasteiger partial charge >= 0.3 is 19.2 Å². The van der Waals surface area contributed by atoms with Crippen molar-refractivity contribution in [3.8, 4) is 0 Å². The van der Waals surface area contributed by atoms with Crippen LogP contribution in [0.15, 0.2) is 227 Å². The van der Waals surface area contributed by atoms with E-state index in [0.717, 1.165) is 33.9 Å². The zero-order chi connectivity index (χ0) is 52.6. The van der Waals surface area contributed by atoms with Gasteiger partial charge in [-0.15, -0.1) is 0 Å². The van der Waals surface area contributed by atoms with Crippen molar-refractivity contribution in [3.63, 3.8) is 0 Å². The van der Waals surface area contributed by atoms with Crippen molar-refractivity contribution in [1.82, 2.24) is 0 Å². The number of aldehydes is 1. The summed E-state index contributed by atoms with van der Waals surface area (Å²) in [6.07, 6.45) is 0.685. The largest absolute Gasteiger partial charge is 0.399 e. The summed E-state index contributed by atoms with van der Waals surface area (Å²) in [6, 6.07) is 63.5. The fraction of sp³-hybridized carbons (Fsp3) is 0.119. The predicted molar refractivity (Wildman–Crippen MR) is 282 cm³/mol. The Morgan fingerprint density at radius 1 is 0.479 bits per heavy atom. The Hall–Kier alpha value is -6.73. The molecular formula is C59H47Br2F4O7P. The maximum atomic E-state index is 14.1. The van der Waals surface area contributed by atoms with Gasteiger partial charge in [0, 0.05) is 43.2 Å². The molecule has 2 unspecified atom stereocenters. The second-order valence-electron chi connectivity index (χ2n) is 16.7. The monoisotopic (exact) mass is 1130 g/mol. The van der Waals surface area contributed by atoms with Gasteiger partial charge in [-0.3, -0.25) is 23.7 Å². The maximum absolute atomic E-state index is 14.1. The summed E-state index contributed by atoms with van der Waals surface area (Å²) in [4.78, 5) is 66.7. The molecule has 73 heavy (non-hydrogen) atoms. The third-order valence-corrected chi connectivity index (χ3v) is 13.9. The molecule has 0 amide bonds. The highest BCUT2D eigenvalue weighted by molar-refractivity contribution is 9.10. The molecule has 0 radical (unpaired) electrons. The van der Waals surface area contributed by atoms with E-state index in [-0.39, 0.29) is 39.0 Å². The summed E-state index contributed by atoms with van der Waals surface area (Å²) in [7, 11) is -5.68. The lowest BCUT2D eigenvalue weighted by molar-refractivity contribution is -0.130. The first kappa shape index (κ1) is 55.6. The van der Waals surface area contributed by atoms with E-state index in [4.69, 9.17) is 9.79 Å². The van der Waals surface area contributed by atoms with Gasteiger partial charge < -0.3 is 9.79 Å². The highest BCUT2D eigenvalue weighted by atomic mass is 79.9. The number of carbonyl (C=O) groups excluding carboxylic acids is 4. The van der Waals surface area contributed by atoms with E-state index in [1.165, 1.54) is 24.3 Å². The number of alkyl halides is 4. The molecule has 0 spiro atoms. The fourth-order valence-corrected chi connectivity index (χ4v) is 9.81. The average molecular weight is 1130 g/mol. The van der Waals surface area contributed by atoms with Crippen LogP contribution in [0, 0.1) is 0 Å². The minimum absolute atomic E-state index is 0.0368. The second-order valence-corrected chi connectivity index (χ2v) is 20.1. The lowest BCUT2D eigenvalue weighted by Gasteiger charge is -2.21. The fourth-order valence-electron chi connectivity index (χ4n) is 7.79. The Balaban J connectivity index is 0.000000188. The van der Waals surface area contributed by atoms with Gasteiger partial charge in [0.15, 0.2) is 23.6 Å². The molecule has 0 heterocycles. The van der Waals surface area contributed by atoms with Crippen molar-refractivity contribution < 1.29 is 51.1 Å². The van der Waals surface area contributed by atoms with Crippen molar-refractivity contribution in [1.29, 1.82) is 0 Å². The molecule has 0 aliphatic rings. The van der Waals surface area contributed by atoms with Crippen LogP contribution in [-0.2, 0) is 40.2 Å². The number of hydrogen-bond acceptors (Lipinski definition) is 5. The van der Waals surface area contributed by atoms with Gasteiger partial charge in [-0.25, -0.2) is 0 Å². The van der Waals surface area contributed by atoms with Crippen LogP contribution in [0.2, 0.25) is 0 Å². The smallest absolute Gasteiger partial charge is 0.320 e. The molecule has 14 heteroatoms. The number of Topliss-reactive ketones (excluding diaryl/α,β-unsaturated/α-hetero) is 3. The van der Waals surface area contributed by atoms with Crippen LogP contribution in [0.5, 0.6) is 0 Å². The van der Waals surface area contributed by atoms with Crippen molar-refractivity contribution in [2.75, 3.05) is 0 Å². The Bertz CT molecular complexity index is 3150. The van der Waals surface area contributed by atoms with Crippen LogP contribution in [0.3, 0.4) is 0 Å². The van der Waals surface area contributed by atoms with Crippen LogP contribution in [-0.4, -0.2) is 33.4 Å². The van der Waals surface area contributed by atoms with Gasteiger partial charge in [0.1, 0.15) is 0 Å². The van der Waals surface area contributed by atoms with E-state index in [9.17, 15) is 41.3 Å². The number of carbonyl (C=O) groups is 4. The summed E-state index contributed by atoms with van der Waals surface area (Å²) in [6.45, 7) is 0. The number of halogens is 6. The highest BCUT2D eigenvalue weighted by Crippen LogP contribution is 2.60. The summed E-state index contributed by atoms with van der Waals surface area (Å²) in [5.41, 5.74) is 0.398. The minimum Gasteiger partial charge on any atom is -0.320 e. The number of hydrogen-bond donors (Lipinski definition) is 2. The zero-order valence-electron chi connectivity index (χ0n) is 38.8. The minimum atomic E-state index is -5.68. The van der Waals surface area contributed by atoms with Gasteiger partial charge in [0.05, 0.1) is 11.8 Å². The molecule has 2 atom stereocenters. The molecule has 0 saturated carbocycles. The Morgan fingerprint density at radius 2 is 0.822 bits per heavy atom. The molecule has 0 aromatic heterocycles. The van der Waals surface area contributed by atoms with E-state index < -0.39 is 42.1 Å². The molecule has 8 rings (SSSR count). The highest BCUT2D eigenvalue weighted by Gasteiger charge is 2.51. The molecule has 2 N–H and O–H groups in total. The first-order chi connectivity index (χ1) is 34.9. The number of ketones is 3. The average Bonchev–Trinajstić information content (AvgIpc) is 3.40. The van der Waals surface area contributed by atoms with E-state index >= 15 is 0 Å². The normalized spacial score (nSPS) is 12.2. The first-order valence-corrected chi connectivity index (χ1v) is 25.9. The maximum Gasteiger partial charge on any atom is 0.399 e. The molecule has 372 valence electrons. The lowest BCUT2D eigenvalue weighted by atomic mass is 9.85. The topological polar surface area (TPSA) is 126 Å². The molecule has 8 aromatic carbocycles. The van der Waals surface area contributed by atoms with Gasteiger partial charge in [0.25, 0.3) is 0 Å². The van der Waals surface area contributed by atoms with Gasteiger partial charge in [-0.1, -0.05) is 238 Å². The molecule has 0 saturated heterocycles. The van der Waals surface area contributed by atoms with Crippen LogP contribution in [0.1, 0.15) is 81.9 Å². The van der Waals surface area contributed by atoms with E-state index in [2.05, 4.69) is 31.9 Å². The molecule has 0 bridgehead atoms. The third kappa shape index (κ3) is 15.2. The standard InChI is InChI=1S/C23H17BrF2O2.C22H18BrF2O4P.C14H12O/c24-21-14-16(11-12-20(21)23(25,26)15-27)13-19(17-7-3-1-4-8-17)22(28)18-9-5-2-6-10-18;23-20-14-15(11-12-19(20)22(24,25)30(27,28)29)13-18(16-7-3-1-4-8-16)21(26)17-9-5-2-6-10-17;15-14(13-9-5-2-6-10-13)11-12-7-3-1-4-8-12/h1-12,14-15,19H,13H2;1-12,14,18H,13H2,(H2,27,28,29);1-10H,11H2. The molecule has 0 aliphatic heterocycles. The van der Waals surface area contributed by atoms with Crippen LogP contribution >= 0.6 is 39.5 Å². The van der Waals surface area contributed by atoms with Crippen LogP contribution in [0.25, 0.3) is 0 Å². The molecule has 0 aliphatic carbocycles. The lowest BCUT2D eigenvalue weighted by Crippen LogP contribution is -2.17. The van der Waals surface area contributed by atoms with E-state index in [1.54, 1.807) is 42.5 Å². The summed E-state index contributed by atoms with van der Waals surface area (Å²) >= 11 is 6.12.